The SMILES string of the molecule is CC(N)CCCN(C)CC1CCC1. The van der Waals surface area contributed by atoms with Gasteiger partial charge in [0.2, 0.25) is 0 Å². The minimum Gasteiger partial charge on any atom is -0.328 e. The summed E-state index contributed by atoms with van der Waals surface area (Å²) in [5.41, 5.74) is 5.70. The maximum atomic E-state index is 5.70. The second kappa shape index (κ2) is 5.61. The van der Waals surface area contributed by atoms with E-state index in [4.69, 9.17) is 5.73 Å². The molecule has 1 aliphatic rings. The van der Waals surface area contributed by atoms with Crippen LogP contribution in [0.4, 0.5) is 0 Å². The summed E-state index contributed by atoms with van der Waals surface area (Å²) >= 11 is 0. The van der Waals surface area contributed by atoms with Crippen LogP contribution < -0.4 is 5.73 Å². The molecule has 0 bridgehead atoms. The second-order valence-corrected chi connectivity index (χ2v) is 4.68. The van der Waals surface area contributed by atoms with Crippen LogP contribution in [0.2, 0.25) is 0 Å². The van der Waals surface area contributed by atoms with E-state index in [-0.39, 0.29) is 0 Å². The van der Waals surface area contributed by atoms with Crippen LogP contribution in [0.1, 0.15) is 39.0 Å². The average Bonchev–Trinajstić information content (AvgIpc) is 1.96. The molecule has 1 aliphatic carbocycles. The third-order valence-corrected chi connectivity index (χ3v) is 2.99. The highest BCUT2D eigenvalue weighted by molar-refractivity contribution is 4.72. The number of nitrogens with zero attached hydrogens (tertiary/aromatic N) is 1. The zero-order valence-corrected chi connectivity index (χ0v) is 9.13. The van der Waals surface area contributed by atoms with Gasteiger partial charge in [0.15, 0.2) is 0 Å². The van der Waals surface area contributed by atoms with Gasteiger partial charge >= 0.3 is 0 Å². The first kappa shape index (κ1) is 11.0. The summed E-state index contributed by atoms with van der Waals surface area (Å²) in [4.78, 5) is 2.46. The molecular weight excluding hydrogens is 160 g/mol. The van der Waals surface area contributed by atoms with Crippen molar-refractivity contribution in [3.8, 4) is 0 Å². The van der Waals surface area contributed by atoms with Gasteiger partial charge in [0.25, 0.3) is 0 Å². The Morgan fingerprint density at radius 1 is 1.46 bits per heavy atom. The Bertz CT molecular complexity index is 130. The van der Waals surface area contributed by atoms with Crippen LogP contribution in [-0.2, 0) is 0 Å². The van der Waals surface area contributed by atoms with Crippen LogP contribution in [0, 0.1) is 5.92 Å². The number of rotatable bonds is 6. The fraction of sp³-hybridized carbons (Fsp3) is 1.00. The van der Waals surface area contributed by atoms with Crippen LogP contribution >= 0.6 is 0 Å². The molecule has 0 spiro atoms. The van der Waals surface area contributed by atoms with E-state index in [2.05, 4.69) is 18.9 Å². The Morgan fingerprint density at radius 3 is 2.62 bits per heavy atom. The first-order valence-corrected chi connectivity index (χ1v) is 5.62. The summed E-state index contributed by atoms with van der Waals surface area (Å²) in [5, 5.41) is 0. The largest absolute Gasteiger partial charge is 0.328 e. The molecule has 1 fully saturated rings. The maximum absolute atomic E-state index is 5.70. The van der Waals surface area contributed by atoms with Crippen molar-refractivity contribution in [1.29, 1.82) is 0 Å². The second-order valence-electron chi connectivity index (χ2n) is 4.68. The molecule has 0 heterocycles. The predicted octanol–water partition coefficient (Wildman–Crippen LogP) is 1.85. The molecule has 0 amide bonds. The fourth-order valence-corrected chi connectivity index (χ4v) is 1.89. The summed E-state index contributed by atoms with van der Waals surface area (Å²) in [5.74, 6) is 1.00. The lowest BCUT2D eigenvalue weighted by molar-refractivity contribution is 0.202. The van der Waals surface area contributed by atoms with Gasteiger partial charge in [0.05, 0.1) is 0 Å². The summed E-state index contributed by atoms with van der Waals surface area (Å²) < 4.78 is 0. The van der Waals surface area contributed by atoms with Gasteiger partial charge in [-0.15, -0.1) is 0 Å². The minimum atomic E-state index is 0.372. The molecule has 0 saturated heterocycles. The van der Waals surface area contributed by atoms with Crippen molar-refractivity contribution in [2.45, 2.75) is 45.1 Å². The molecule has 78 valence electrons. The molecule has 1 unspecified atom stereocenters. The van der Waals surface area contributed by atoms with Gasteiger partial charge in [0, 0.05) is 12.6 Å². The molecule has 2 heteroatoms. The maximum Gasteiger partial charge on any atom is 0.00109 e. The first-order chi connectivity index (χ1) is 6.18. The van der Waals surface area contributed by atoms with E-state index in [1.807, 2.05) is 0 Å². The van der Waals surface area contributed by atoms with Crippen molar-refractivity contribution in [2.75, 3.05) is 20.1 Å². The van der Waals surface area contributed by atoms with Crippen LogP contribution in [0.3, 0.4) is 0 Å². The molecule has 2 nitrogen and oxygen atoms in total. The third-order valence-electron chi connectivity index (χ3n) is 2.99. The molecule has 1 rings (SSSR count). The van der Waals surface area contributed by atoms with Crippen molar-refractivity contribution in [3.63, 3.8) is 0 Å². The van der Waals surface area contributed by atoms with Crippen molar-refractivity contribution >= 4 is 0 Å². The summed E-state index contributed by atoms with van der Waals surface area (Å²) in [6, 6.07) is 0.372. The van der Waals surface area contributed by atoms with Gasteiger partial charge in [-0.25, -0.2) is 0 Å². The van der Waals surface area contributed by atoms with E-state index in [1.165, 1.54) is 38.8 Å². The van der Waals surface area contributed by atoms with Gasteiger partial charge in [-0.2, -0.15) is 0 Å². The van der Waals surface area contributed by atoms with E-state index in [1.54, 1.807) is 0 Å². The Morgan fingerprint density at radius 2 is 2.15 bits per heavy atom. The van der Waals surface area contributed by atoms with E-state index in [9.17, 15) is 0 Å². The lowest BCUT2D eigenvalue weighted by Crippen LogP contribution is -2.30. The van der Waals surface area contributed by atoms with Gasteiger partial charge in [-0.1, -0.05) is 6.42 Å². The normalized spacial score (nSPS) is 20.3. The Kier molecular flexibility index (Phi) is 4.74. The summed E-state index contributed by atoms with van der Waals surface area (Å²) in [6.45, 7) is 4.61. The van der Waals surface area contributed by atoms with Crippen LogP contribution in [-0.4, -0.2) is 31.1 Å². The van der Waals surface area contributed by atoms with Gasteiger partial charge in [-0.05, 0) is 52.1 Å². The zero-order chi connectivity index (χ0) is 9.68. The smallest absolute Gasteiger partial charge is 0.00109 e. The molecular formula is C11H24N2. The first-order valence-electron chi connectivity index (χ1n) is 5.62. The molecule has 0 aliphatic heterocycles. The zero-order valence-electron chi connectivity index (χ0n) is 9.13. The van der Waals surface area contributed by atoms with E-state index >= 15 is 0 Å². The van der Waals surface area contributed by atoms with Crippen molar-refractivity contribution < 1.29 is 0 Å². The topological polar surface area (TPSA) is 29.3 Å². The summed E-state index contributed by atoms with van der Waals surface area (Å²) in [6.07, 6.45) is 6.78. The third kappa shape index (κ3) is 4.63. The van der Waals surface area contributed by atoms with Crippen LogP contribution in [0.5, 0.6) is 0 Å². The molecule has 0 aromatic rings. The van der Waals surface area contributed by atoms with E-state index in [0.717, 1.165) is 12.3 Å². The Balaban J connectivity index is 1.93. The average molecular weight is 184 g/mol. The number of hydrogen-bond donors (Lipinski definition) is 1. The van der Waals surface area contributed by atoms with Crippen molar-refractivity contribution in [3.05, 3.63) is 0 Å². The fourth-order valence-electron chi connectivity index (χ4n) is 1.89. The monoisotopic (exact) mass is 184 g/mol. The van der Waals surface area contributed by atoms with E-state index in [0.29, 0.717) is 6.04 Å². The molecule has 13 heavy (non-hydrogen) atoms. The van der Waals surface area contributed by atoms with Crippen LogP contribution in [0.25, 0.3) is 0 Å². The molecule has 1 saturated carbocycles. The molecule has 0 aromatic carbocycles. The molecule has 0 radical (unpaired) electrons. The number of nitrogens with two attached hydrogens (primary N) is 1. The van der Waals surface area contributed by atoms with Crippen molar-refractivity contribution in [1.82, 2.24) is 4.90 Å². The highest BCUT2D eigenvalue weighted by Crippen LogP contribution is 2.26. The quantitative estimate of drug-likeness (QED) is 0.682. The lowest BCUT2D eigenvalue weighted by atomic mass is 9.85. The van der Waals surface area contributed by atoms with Crippen molar-refractivity contribution in [2.24, 2.45) is 11.7 Å². The van der Waals surface area contributed by atoms with Gasteiger partial charge in [-0.3, -0.25) is 0 Å². The van der Waals surface area contributed by atoms with Gasteiger partial charge in [0.1, 0.15) is 0 Å². The standard InChI is InChI=1S/C11H24N2/c1-10(12)5-4-8-13(2)9-11-6-3-7-11/h10-11H,3-9,12H2,1-2H3. The lowest BCUT2D eigenvalue weighted by Gasteiger charge is -2.30. The highest BCUT2D eigenvalue weighted by Gasteiger charge is 2.18. The molecule has 2 N–H and O–H groups in total. The van der Waals surface area contributed by atoms with Crippen LogP contribution in [0.15, 0.2) is 0 Å². The minimum absolute atomic E-state index is 0.372. The molecule has 1 atom stereocenters. The van der Waals surface area contributed by atoms with E-state index < -0.39 is 0 Å². The number of hydrogen-bond acceptors (Lipinski definition) is 2. The highest BCUT2D eigenvalue weighted by atomic mass is 15.1. The molecule has 0 aromatic heterocycles. The summed E-state index contributed by atoms with van der Waals surface area (Å²) in [7, 11) is 2.24. The Labute approximate surface area is 82.5 Å². The van der Waals surface area contributed by atoms with Gasteiger partial charge < -0.3 is 10.6 Å². The Hall–Kier alpha value is -0.0800. The predicted molar refractivity (Wildman–Crippen MR) is 57.7 cm³/mol.